The maximum absolute atomic E-state index is 14.4. The quantitative estimate of drug-likeness (QED) is 0.248. The van der Waals surface area contributed by atoms with Crippen molar-refractivity contribution in [1.82, 2.24) is 14.1 Å². The van der Waals surface area contributed by atoms with Crippen molar-refractivity contribution < 1.29 is 28.2 Å². The van der Waals surface area contributed by atoms with Gasteiger partial charge in [-0.25, -0.2) is 9.78 Å². The van der Waals surface area contributed by atoms with Crippen molar-refractivity contribution in [3.05, 3.63) is 68.7 Å². The third-order valence-electron chi connectivity index (χ3n) is 8.20. The average Bonchev–Trinajstić information content (AvgIpc) is 3.38. The molecule has 11 nitrogen and oxygen atoms in total. The lowest BCUT2D eigenvalue weighted by molar-refractivity contribution is -0.141. The monoisotopic (exact) mass is 595 g/mol. The lowest BCUT2D eigenvalue weighted by Gasteiger charge is -2.29. The van der Waals surface area contributed by atoms with Crippen LogP contribution in [0.2, 0.25) is 0 Å². The Kier molecular flexibility index (Phi) is 7.77. The maximum atomic E-state index is 14.4. The van der Waals surface area contributed by atoms with Crippen molar-refractivity contribution >= 4 is 27.5 Å². The van der Waals surface area contributed by atoms with Gasteiger partial charge in [0.2, 0.25) is 5.89 Å². The smallest absolute Gasteiger partial charge is 0.332 e. The van der Waals surface area contributed by atoms with E-state index in [-0.39, 0.29) is 19.1 Å². The molecule has 1 aliphatic carbocycles. The van der Waals surface area contributed by atoms with Crippen LogP contribution in [0.25, 0.3) is 21.0 Å². The first-order valence-electron chi connectivity index (χ1n) is 14.0. The van der Waals surface area contributed by atoms with Crippen molar-refractivity contribution in [3.8, 4) is 16.5 Å². The number of methoxy groups -OCH3 is 2. The van der Waals surface area contributed by atoms with Gasteiger partial charge in [-0.05, 0) is 44.2 Å². The average molecular weight is 596 g/mol. The molecule has 6 rings (SSSR count). The molecule has 1 unspecified atom stereocenters. The Hall–Kier alpha value is -3.74. The number of carbonyl (C=O) groups is 1. The number of aryl methyl sites for hydroxylation is 1. The number of para-hydroxylation sites is 1. The normalized spacial score (nSPS) is 17.3. The van der Waals surface area contributed by atoms with Crippen molar-refractivity contribution in [2.45, 2.75) is 63.3 Å². The van der Waals surface area contributed by atoms with Crippen LogP contribution in [0, 0.1) is 6.92 Å². The van der Waals surface area contributed by atoms with Gasteiger partial charge in [-0.2, -0.15) is 0 Å². The maximum Gasteiger partial charge on any atom is 0.332 e. The molecular weight excluding hydrogens is 562 g/mol. The minimum Gasteiger partial charge on any atom is -0.496 e. The van der Waals surface area contributed by atoms with Crippen LogP contribution in [0.1, 0.15) is 49.3 Å². The van der Waals surface area contributed by atoms with Gasteiger partial charge in [-0.1, -0.05) is 18.2 Å². The highest BCUT2D eigenvalue weighted by Gasteiger charge is 2.49. The Balaban J connectivity index is 1.56. The highest BCUT2D eigenvalue weighted by molar-refractivity contribution is 7.22. The Morgan fingerprint density at radius 1 is 1.19 bits per heavy atom. The molecule has 1 saturated carbocycles. The summed E-state index contributed by atoms with van der Waals surface area (Å²) in [6.45, 7) is 3.14. The molecule has 2 fully saturated rings. The van der Waals surface area contributed by atoms with Gasteiger partial charge in [-0.3, -0.25) is 18.7 Å². The summed E-state index contributed by atoms with van der Waals surface area (Å²) in [5, 5.41) is 0.397. The van der Waals surface area contributed by atoms with E-state index in [2.05, 4.69) is 4.98 Å². The molecule has 0 N–H and O–H groups in total. The molecule has 1 aliphatic heterocycles. The number of thiophene rings is 1. The van der Waals surface area contributed by atoms with Crippen molar-refractivity contribution in [1.29, 1.82) is 0 Å². The second-order valence-corrected chi connectivity index (χ2v) is 11.8. The molecule has 1 aromatic carbocycles. The SMILES string of the molecule is COC(=O)CC1(n2c(=O)c3c(C)c(-c4ncco4)sc3n(CC(OC3CCOCC3)c3ccccc3OC)c2=O)CC1. The predicted molar refractivity (Wildman–Crippen MR) is 155 cm³/mol. The van der Waals surface area contributed by atoms with Crippen molar-refractivity contribution in [2.24, 2.45) is 0 Å². The topological polar surface area (TPSA) is 124 Å². The largest absolute Gasteiger partial charge is 0.496 e. The number of carbonyl (C=O) groups excluding carboxylic acids is 1. The van der Waals surface area contributed by atoms with Crippen LogP contribution in [-0.2, 0) is 31.1 Å². The first-order chi connectivity index (χ1) is 20.4. The number of esters is 1. The summed E-state index contributed by atoms with van der Waals surface area (Å²) in [7, 11) is 2.91. The van der Waals surface area contributed by atoms with E-state index >= 15 is 0 Å². The number of hydrogen-bond donors (Lipinski definition) is 0. The zero-order valence-corrected chi connectivity index (χ0v) is 24.6. The fourth-order valence-electron chi connectivity index (χ4n) is 5.79. The molecule has 4 heterocycles. The number of benzene rings is 1. The molecule has 42 heavy (non-hydrogen) atoms. The van der Waals surface area contributed by atoms with Crippen LogP contribution in [0.5, 0.6) is 5.75 Å². The van der Waals surface area contributed by atoms with E-state index in [0.29, 0.717) is 58.4 Å². The summed E-state index contributed by atoms with van der Waals surface area (Å²) in [5.74, 6) is 0.538. The zero-order valence-electron chi connectivity index (χ0n) is 23.8. The predicted octanol–water partition coefficient (Wildman–Crippen LogP) is 4.19. The molecule has 1 atom stereocenters. The van der Waals surface area contributed by atoms with Gasteiger partial charge in [0.05, 0.1) is 55.3 Å². The van der Waals surface area contributed by atoms with Crippen LogP contribution >= 0.6 is 11.3 Å². The number of aromatic nitrogens is 3. The minimum atomic E-state index is -0.934. The third kappa shape index (κ3) is 5.07. The van der Waals surface area contributed by atoms with Gasteiger partial charge < -0.3 is 23.4 Å². The van der Waals surface area contributed by atoms with Crippen molar-refractivity contribution in [3.63, 3.8) is 0 Å². The number of fused-ring (bicyclic) bond motifs is 1. The van der Waals surface area contributed by atoms with Crippen LogP contribution in [0.4, 0.5) is 0 Å². The van der Waals surface area contributed by atoms with E-state index in [9.17, 15) is 14.4 Å². The third-order valence-corrected chi connectivity index (χ3v) is 9.50. The Morgan fingerprint density at radius 3 is 2.62 bits per heavy atom. The van der Waals surface area contributed by atoms with Crippen LogP contribution < -0.4 is 16.0 Å². The number of ether oxygens (including phenoxy) is 4. The number of rotatable bonds is 10. The Labute approximate surface area is 245 Å². The Bertz CT molecular complexity index is 1710. The summed E-state index contributed by atoms with van der Waals surface area (Å²) in [6, 6.07) is 7.58. The second-order valence-electron chi connectivity index (χ2n) is 10.8. The molecule has 2 aliphatic rings. The van der Waals surface area contributed by atoms with E-state index in [4.69, 9.17) is 23.4 Å². The van der Waals surface area contributed by atoms with Gasteiger partial charge in [0.1, 0.15) is 22.9 Å². The van der Waals surface area contributed by atoms with E-state index in [1.807, 2.05) is 31.2 Å². The fourth-order valence-corrected chi connectivity index (χ4v) is 7.03. The zero-order chi connectivity index (χ0) is 29.4. The van der Waals surface area contributed by atoms with Gasteiger partial charge >= 0.3 is 11.7 Å². The summed E-state index contributed by atoms with van der Waals surface area (Å²) in [6.07, 6.45) is 4.80. The van der Waals surface area contributed by atoms with Crippen LogP contribution in [0.3, 0.4) is 0 Å². The van der Waals surface area contributed by atoms with Crippen LogP contribution in [-0.4, -0.2) is 53.6 Å². The molecule has 3 aromatic heterocycles. The molecule has 0 bridgehead atoms. The molecule has 1 saturated heterocycles. The summed E-state index contributed by atoms with van der Waals surface area (Å²) in [4.78, 5) is 46.4. The molecule has 0 radical (unpaired) electrons. The summed E-state index contributed by atoms with van der Waals surface area (Å²) < 4.78 is 31.3. The van der Waals surface area contributed by atoms with E-state index < -0.39 is 28.9 Å². The number of nitrogens with zero attached hydrogens (tertiary/aromatic N) is 3. The van der Waals surface area contributed by atoms with Gasteiger partial charge in [0, 0.05) is 18.8 Å². The van der Waals surface area contributed by atoms with Crippen LogP contribution in [0.15, 0.2) is 50.7 Å². The highest BCUT2D eigenvalue weighted by atomic mass is 32.1. The van der Waals surface area contributed by atoms with Gasteiger partial charge in [0.15, 0.2) is 0 Å². The Morgan fingerprint density at radius 2 is 1.95 bits per heavy atom. The lowest BCUT2D eigenvalue weighted by Crippen LogP contribution is -2.47. The molecule has 222 valence electrons. The molecular formula is C30H33N3O8S. The molecule has 4 aromatic rings. The molecule has 0 amide bonds. The van der Waals surface area contributed by atoms with Gasteiger partial charge in [-0.15, -0.1) is 11.3 Å². The second kappa shape index (κ2) is 11.5. The van der Waals surface area contributed by atoms with Crippen molar-refractivity contribution in [2.75, 3.05) is 27.4 Å². The minimum absolute atomic E-state index is 0.0611. The van der Waals surface area contributed by atoms with E-state index in [0.717, 1.165) is 18.4 Å². The first-order valence-corrected chi connectivity index (χ1v) is 14.8. The number of hydrogen-bond acceptors (Lipinski definition) is 10. The fraction of sp³-hybridized carbons (Fsp3) is 0.467. The standard InChI is InChI=1S/C30H33N3O8S/c1-18-24-27(35)33(30(10-11-30)16-23(34)38-3)29(36)32(28(24)42-25(18)26-31-12-15-40-26)17-22(41-19-8-13-39-14-9-19)20-6-4-5-7-21(20)37-2/h4-7,12,15,19,22H,8-11,13-14,16-17H2,1-3H3. The lowest BCUT2D eigenvalue weighted by atomic mass is 10.1. The van der Waals surface area contributed by atoms with E-state index in [1.165, 1.54) is 29.3 Å². The molecule has 0 spiro atoms. The summed E-state index contributed by atoms with van der Waals surface area (Å²) in [5.41, 5.74) is -0.405. The highest BCUT2D eigenvalue weighted by Crippen LogP contribution is 2.46. The summed E-state index contributed by atoms with van der Waals surface area (Å²) >= 11 is 1.28. The molecule has 12 heteroatoms. The van der Waals surface area contributed by atoms with E-state index in [1.54, 1.807) is 17.9 Å². The number of oxazole rings is 1. The van der Waals surface area contributed by atoms with Gasteiger partial charge in [0.25, 0.3) is 5.56 Å². The first kappa shape index (κ1) is 28.4.